The van der Waals surface area contributed by atoms with E-state index in [9.17, 15) is 4.79 Å². The molecule has 1 heterocycles. The van der Waals surface area contributed by atoms with Crippen LogP contribution in [0.25, 0.3) is 0 Å². The second-order valence-corrected chi connectivity index (χ2v) is 6.41. The molecule has 0 saturated carbocycles. The van der Waals surface area contributed by atoms with Crippen LogP contribution in [-0.2, 0) is 0 Å². The second-order valence-electron chi connectivity index (χ2n) is 3.59. The summed E-state index contributed by atoms with van der Waals surface area (Å²) in [5, 5.41) is 2.81. The molecule has 0 aliphatic carbocycles. The highest BCUT2D eigenvalue weighted by Crippen LogP contribution is 2.31. The average Bonchev–Trinajstić information content (AvgIpc) is 2.65. The molecule has 0 unspecified atom stereocenters. The van der Waals surface area contributed by atoms with Crippen molar-refractivity contribution in [2.24, 2.45) is 0 Å². The van der Waals surface area contributed by atoms with E-state index in [4.69, 9.17) is 46.4 Å². The number of carbonyl (C=O) groups is 1. The summed E-state index contributed by atoms with van der Waals surface area (Å²) in [5.74, 6) is 0.184. The minimum Gasteiger partial charge on any atom is -0.344 e. The van der Waals surface area contributed by atoms with Crippen molar-refractivity contribution in [3.63, 3.8) is 0 Å². The van der Waals surface area contributed by atoms with Crippen LogP contribution in [0.4, 0.5) is 0 Å². The van der Waals surface area contributed by atoms with Gasteiger partial charge >= 0.3 is 0 Å². The van der Waals surface area contributed by atoms with Crippen LogP contribution < -0.4 is 5.32 Å². The Hall–Kier alpha value is 0.330. The van der Waals surface area contributed by atoms with Crippen LogP contribution in [0, 0.1) is 0 Å². The summed E-state index contributed by atoms with van der Waals surface area (Å²) in [6.07, 6.45) is 0.640. The molecular formula is C10H11Cl4NOS. The van der Waals surface area contributed by atoms with Gasteiger partial charge in [0.25, 0.3) is 5.91 Å². The fourth-order valence-corrected chi connectivity index (χ4v) is 3.44. The van der Waals surface area contributed by atoms with Crippen LogP contribution in [0.1, 0.15) is 23.7 Å². The molecule has 0 fully saturated rings. The van der Waals surface area contributed by atoms with Crippen molar-refractivity contribution >= 4 is 63.6 Å². The lowest BCUT2D eigenvalue weighted by Crippen LogP contribution is -2.51. The number of halogens is 4. The molecular weight excluding hydrogens is 324 g/mol. The van der Waals surface area contributed by atoms with Crippen molar-refractivity contribution in [2.45, 2.75) is 18.9 Å². The largest absolute Gasteiger partial charge is 0.344 e. The maximum Gasteiger partial charge on any atom is 0.254 e. The molecule has 0 radical (unpaired) electrons. The van der Waals surface area contributed by atoms with Gasteiger partial charge in [-0.25, -0.2) is 0 Å². The highest BCUT2D eigenvalue weighted by molar-refractivity contribution is 7.20. The van der Waals surface area contributed by atoms with Crippen molar-refractivity contribution in [2.75, 3.05) is 11.8 Å². The summed E-state index contributed by atoms with van der Waals surface area (Å²) in [5.41, 5.74) is -0.257. The number of hydrogen-bond donors (Lipinski definition) is 1. The van der Waals surface area contributed by atoms with E-state index in [0.29, 0.717) is 20.7 Å². The van der Waals surface area contributed by atoms with Crippen molar-refractivity contribution < 1.29 is 4.79 Å². The Labute approximate surface area is 124 Å². The third-order valence-electron chi connectivity index (χ3n) is 2.47. The smallest absolute Gasteiger partial charge is 0.254 e. The summed E-state index contributed by atoms with van der Waals surface area (Å²) < 4.78 is 0.834. The maximum absolute atomic E-state index is 12.0. The lowest BCUT2D eigenvalue weighted by molar-refractivity contribution is 0.0914. The van der Waals surface area contributed by atoms with E-state index in [2.05, 4.69) is 5.32 Å². The fraction of sp³-hybridized carbons (Fsp3) is 0.500. The van der Waals surface area contributed by atoms with Gasteiger partial charge in [-0.05, 0) is 12.5 Å². The molecule has 0 aliphatic rings. The standard InChI is InChI=1S/C10H11Cl4NOS/c1-2-10(4-11,5-12)15-9(16)6-3-7(13)17-8(6)14/h3H,2,4-5H2,1H3,(H,15,16). The van der Waals surface area contributed by atoms with Gasteiger partial charge in [0.2, 0.25) is 0 Å². The topological polar surface area (TPSA) is 29.1 Å². The first-order chi connectivity index (χ1) is 7.98. The second kappa shape index (κ2) is 6.48. The molecule has 7 heteroatoms. The molecule has 96 valence electrons. The van der Waals surface area contributed by atoms with Crippen molar-refractivity contribution in [3.05, 3.63) is 20.3 Å². The first-order valence-corrected chi connectivity index (χ1v) is 7.51. The Kier molecular flexibility index (Phi) is 5.87. The zero-order chi connectivity index (χ0) is 13.1. The number of carbonyl (C=O) groups excluding carboxylic acids is 1. The van der Waals surface area contributed by atoms with E-state index in [1.807, 2.05) is 6.92 Å². The molecule has 0 bridgehead atoms. The summed E-state index contributed by atoms with van der Waals surface area (Å²) in [6, 6.07) is 1.53. The summed E-state index contributed by atoms with van der Waals surface area (Å²) in [7, 11) is 0. The summed E-state index contributed by atoms with van der Waals surface area (Å²) >= 11 is 24.5. The number of amides is 1. The molecule has 0 aliphatic heterocycles. The Balaban J connectivity index is 2.88. The average molecular weight is 335 g/mol. The van der Waals surface area contributed by atoms with Crippen LogP contribution in [-0.4, -0.2) is 23.2 Å². The molecule has 1 N–H and O–H groups in total. The van der Waals surface area contributed by atoms with Crippen LogP contribution in [0.5, 0.6) is 0 Å². The van der Waals surface area contributed by atoms with E-state index in [0.717, 1.165) is 11.3 Å². The molecule has 0 atom stereocenters. The summed E-state index contributed by atoms with van der Waals surface area (Å²) in [6.45, 7) is 1.91. The number of rotatable bonds is 5. The quantitative estimate of drug-likeness (QED) is 0.794. The summed E-state index contributed by atoms with van der Waals surface area (Å²) in [4.78, 5) is 12.0. The Morgan fingerprint density at radius 3 is 2.35 bits per heavy atom. The van der Waals surface area contributed by atoms with Crippen molar-refractivity contribution in [1.82, 2.24) is 5.32 Å². The van der Waals surface area contributed by atoms with E-state index in [1.165, 1.54) is 6.07 Å². The first kappa shape index (κ1) is 15.4. The maximum atomic E-state index is 12.0. The Morgan fingerprint density at radius 2 is 2.00 bits per heavy atom. The highest BCUT2D eigenvalue weighted by Gasteiger charge is 2.29. The zero-order valence-electron chi connectivity index (χ0n) is 9.03. The third-order valence-corrected chi connectivity index (χ3v) is 4.98. The number of nitrogens with one attached hydrogen (secondary N) is 1. The SMILES string of the molecule is CCC(CCl)(CCl)NC(=O)c1cc(Cl)sc1Cl. The van der Waals surface area contributed by atoms with Crippen LogP contribution in [0.3, 0.4) is 0 Å². The van der Waals surface area contributed by atoms with Gasteiger partial charge in [-0.1, -0.05) is 30.1 Å². The molecule has 0 saturated heterocycles. The van der Waals surface area contributed by atoms with Crippen LogP contribution >= 0.6 is 57.7 Å². The number of thiophene rings is 1. The minimum absolute atomic E-state index is 0.244. The number of alkyl halides is 2. The van der Waals surface area contributed by atoms with Crippen molar-refractivity contribution in [3.8, 4) is 0 Å². The molecule has 17 heavy (non-hydrogen) atoms. The van der Waals surface area contributed by atoms with Crippen LogP contribution in [0.15, 0.2) is 6.07 Å². The van der Waals surface area contributed by atoms with Crippen LogP contribution in [0.2, 0.25) is 8.67 Å². The van der Waals surface area contributed by atoms with E-state index >= 15 is 0 Å². The van der Waals surface area contributed by atoms with Gasteiger partial charge in [-0.15, -0.1) is 34.5 Å². The predicted octanol–water partition coefficient (Wildman–Crippen LogP) is 4.41. The van der Waals surface area contributed by atoms with Gasteiger partial charge < -0.3 is 5.32 Å². The van der Waals surface area contributed by atoms with E-state index < -0.39 is 5.54 Å². The Morgan fingerprint density at radius 1 is 1.41 bits per heavy atom. The van der Waals surface area contributed by atoms with Gasteiger partial charge in [0.05, 0.1) is 15.4 Å². The first-order valence-electron chi connectivity index (χ1n) is 4.87. The number of hydrogen-bond acceptors (Lipinski definition) is 2. The lowest BCUT2D eigenvalue weighted by atomic mass is 10.0. The highest BCUT2D eigenvalue weighted by atomic mass is 35.5. The molecule has 2 nitrogen and oxygen atoms in total. The molecule has 0 aromatic carbocycles. The molecule has 1 amide bonds. The van der Waals surface area contributed by atoms with E-state index in [-0.39, 0.29) is 17.7 Å². The monoisotopic (exact) mass is 333 g/mol. The fourth-order valence-electron chi connectivity index (χ4n) is 1.18. The molecule has 1 aromatic rings. The van der Waals surface area contributed by atoms with Gasteiger partial charge in [-0.2, -0.15) is 0 Å². The van der Waals surface area contributed by atoms with Gasteiger partial charge in [0.15, 0.2) is 0 Å². The van der Waals surface area contributed by atoms with Gasteiger partial charge in [0.1, 0.15) is 4.34 Å². The minimum atomic E-state index is -0.613. The van der Waals surface area contributed by atoms with E-state index in [1.54, 1.807) is 0 Å². The van der Waals surface area contributed by atoms with Gasteiger partial charge in [0, 0.05) is 11.8 Å². The molecule has 1 aromatic heterocycles. The zero-order valence-corrected chi connectivity index (χ0v) is 12.9. The molecule has 1 rings (SSSR count). The predicted molar refractivity (Wildman–Crippen MR) is 76.3 cm³/mol. The molecule has 0 spiro atoms. The lowest BCUT2D eigenvalue weighted by Gasteiger charge is -2.29. The normalized spacial score (nSPS) is 11.6. The third kappa shape index (κ3) is 3.65. The Bertz CT molecular complexity index is 395. The van der Waals surface area contributed by atoms with Crippen molar-refractivity contribution in [1.29, 1.82) is 0 Å². The van der Waals surface area contributed by atoms with Gasteiger partial charge in [-0.3, -0.25) is 4.79 Å².